The Hall–Kier alpha value is -0.760. The van der Waals surface area contributed by atoms with Crippen molar-refractivity contribution in [3.8, 4) is 0 Å². The van der Waals surface area contributed by atoms with Crippen LogP contribution in [0.1, 0.15) is 32.6 Å². The van der Waals surface area contributed by atoms with Crippen LogP contribution in [0, 0.1) is 5.92 Å². The predicted molar refractivity (Wildman–Crippen MR) is 64.3 cm³/mol. The van der Waals surface area contributed by atoms with E-state index in [0.29, 0.717) is 11.2 Å². The average Bonchev–Trinajstić information content (AvgIpc) is 2.69. The number of pyridine rings is 1. The molecule has 1 aromatic rings. The van der Waals surface area contributed by atoms with E-state index in [-0.39, 0.29) is 0 Å². The minimum atomic E-state index is 0.580. The first-order chi connectivity index (χ1) is 7.31. The fraction of sp³-hybridized carbons (Fsp3) is 0.583. The monoisotopic (exact) mass is 224 g/mol. The van der Waals surface area contributed by atoms with Gasteiger partial charge in [-0.25, -0.2) is 4.98 Å². The molecule has 1 fully saturated rings. The lowest BCUT2D eigenvalue weighted by molar-refractivity contribution is 0.489. The number of hydrogen-bond donors (Lipinski definition) is 1. The van der Waals surface area contributed by atoms with E-state index in [9.17, 15) is 0 Å². The molecule has 82 valence electrons. The number of anilines is 1. The lowest BCUT2D eigenvalue weighted by Crippen LogP contribution is -2.23. The standard InChI is InChI=1S/C12H17ClN2/c1-2-9-5-3-6-10(9)15-11-7-4-8-14-12(11)13/h4,7-10,15H,2-3,5-6H2,1H3. The highest BCUT2D eigenvalue weighted by Crippen LogP contribution is 2.31. The Balaban J connectivity index is 2.05. The first kappa shape index (κ1) is 10.7. The topological polar surface area (TPSA) is 24.9 Å². The van der Waals surface area contributed by atoms with Crippen molar-refractivity contribution >= 4 is 17.3 Å². The molecule has 0 amide bonds. The van der Waals surface area contributed by atoms with E-state index in [2.05, 4.69) is 17.2 Å². The molecule has 1 aliphatic rings. The Bertz CT molecular complexity index is 327. The lowest BCUT2D eigenvalue weighted by atomic mass is 10.0. The third kappa shape index (κ3) is 2.43. The molecule has 15 heavy (non-hydrogen) atoms. The molecule has 2 rings (SSSR count). The maximum absolute atomic E-state index is 6.02. The van der Waals surface area contributed by atoms with E-state index < -0.39 is 0 Å². The molecule has 2 nitrogen and oxygen atoms in total. The summed E-state index contributed by atoms with van der Waals surface area (Å²) in [5.74, 6) is 0.793. The molecule has 3 heteroatoms. The van der Waals surface area contributed by atoms with Crippen LogP contribution >= 0.6 is 11.6 Å². The van der Waals surface area contributed by atoms with Crippen LogP contribution in [0.4, 0.5) is 5.69 Å². The summed E-state index contributed by atoms with van der Waals surface area (Å²) in [6.45, 7) is 2.26. The number of aromatic nitrogens is 1. The van der Waals surface area contributed by atoms with Crippen molar-refractivity contribution < 1.29 is 0 Å². The summed E-state index contributed by atoms with van der Waals surface area (Å²) in [7, 11) is 0. The molecular formula is C12H17ClN2. The Morgan fingerprint density at radius 1 is 1.53 bits per heavy atom. The third-order valence-corrected chi connectivity index (χ3v) is 3.58. The summed E-state index contributed by atoms with van der Waals surface area (Å²) in [4.78, 5) is 4.07. The molecule has 2 atom stereocenters. The summed E-state index contributed by atoms with van der Waals surface area (Å²) < 4.78 is 0. The van der Waals surface area contributed by atoms with Crippen LogP contribution in [0.2, 0.25) is 5.15 Å². The van der Waals surface area contributed by atoms with E-state index in [1.54, 1.807) is 6.20 Å². The van der Waals surface area contributed by atoms with Crippen molar-refractivity contribution in [1.82, 2.24) is 4.98 Å². The number of nitrogens with zero attached hydrogens (tertiary/aromatic N) is 1. The van der Waals surface area contributed by atoms with Gasteiger partial charge in [-0.3, -0.25) is 0 Å². The summed E-state index contributed by atoms with van der Waals surface area (Å²) in [5, 5.41) is 4.10. The van der Waals surface area contributed by atoms with E-state index >= 15 is 0 Å². The molecule has 0 bridgehead atoms. The Morgan fingerprint density at radius 2 is 2.40 bits per heavy atom. The summed E-state index contributed by atoms with van der Waals surface area (Å²) in [6, 6.07) is 4.50. The first-order valence-corrected chi connectivity index (χ1v) is 6.06. The van der Waals surface area contributed by atoms with Gasteiger partial charge in [0.2, 0.25) is 0 Å². The fourth-order valence-corrected chi connectivity index (χ4v) is 2.58. The predicted octanol–water partition coefficient (Wildman–Crippen LogP) is 3.73. The average molecular weight is 225 g/mol. The molecule has 2 unspecified atom stereocenters. The number of rotatable bonds is 3. The minimum Gasteiger partial charge on any atom is -0.380 e. The molecule has 0 aromatic carbocycles. The van der Waals surface area contributed by atoms with E-state index in [0.717, 1.165) is 11.6 Å². The highest BCUT2D eigenvalue weighted by atomic mass is 35.5. The number of hydrogen-bond acceptors (Lipinski definition) is 2. The van der Waals surface area contributed by atoms with Crippen molar-refractivity contribution in [1.29, 1.82) is 0 Å². The van der Waals surface area contributed by atoms with Gasteiger partial charge in [-0.2, -0.15) is 0 Å². The van der Waals surface area contributed by atoms with Crippen molar-refractivity contribution in [3.05, 3.63) is 23.5 Å². The largest absolute Gasteiger partial charge is 0.380 e. The van der Waals surface area contributed by atoms with Crippen LogP contribution in [-0.4, -0.2) is 11.0 Å². The van der Waals surface area contributed by atoms with Gasteiger partial charge in [0.05, 0.1) is 5.69 Å². The van der Waals surface area contributed by atoms with Crippen molar-refractivity contribution in [2.75, 3.05) is 5.32 Å². The van der Waals surface area contributed by atoms with Crippen LogP contribution in [0.25, 0.3) is 0 Å². The molecule has 0 saturated heterocycles. The van der Waals surface area contributed by atoms with Crippen LogP contribution < -0.4 is 5.32 Å². The second-order valence-corrected chi connectivity index (χ2v) is 4.55. The van der Waals surface area contributed by atoms with Crippen LogP contribution in [0.15, 0.2) is 18.3 Å². The molecular weight excluding hydrogens is 208 g/mol. The normalized spacial score (nSPS) is 25.5. The lowest BCUT2D eigenvalue weighted by Gasteiger charge is -2.21. The maximum Gasteiger partial charge on any atom is 0.152 e. The molecule has 0 aliphatic heterocycles. The van der Waals surface area contributed by atoms with E-state index in [1.807, 2.05) is 12.1 Å². The summed E-state index contributed by atoms with van der Waals surface area (Å²) >= 11 is 6.02. The minimum absolute atomic E-state index is 0.580. The van der Waals surface area contributed by atoms with Gasteiger partial charge in [0.25, 0.3) is 0 Å². The molecule has 1 N–H and O–H groups in total. The molecule has 1 saturated carbocycles. The van der Waals surface area contributed by atoms with Crippen LogP contribution in [0.3, 0.4) is 0 Å². The van der Waals surface area contributed by atoms with Gasteiger partial charge in [0.1, 0.15) is 0 Å². The highest BCUT2D eigenvalue weighted by molar-refractivity contribution is 6.31. The highest BCUT2D eigenvalue weighted by Gasteiger charge is 2.25. The van der Waals surface area contributed by atoms with Gasteiger partial charge < -0.3 is 5.32 Å². The van der Waals surface area contributed by atoms with E-state index in [4.69, 9.17) is 11.6 Å². The van der Waals surface area contributed by atoms with E-state index in [1.165, 1.54) is 25.7 Å². The number of nitrogens with one attached hydrogen (secondary N) is 1. The molecule has 0 spiro atoms. The molecule has 1 aliphatic carbocycles. The van der Waals surface area contributed by atoms with Gasteiger partial charge in [-0.05, 0) is 30.9 Å². The van der Waals surface area contributed by atoms with Gasteiger partial charge in [-0.15, -0.1) is 0 Å². The smallest absolute Gasteiger partial charge is 0.152 e. The Kier molecular flexibility index (Phi) is 3.47. The Morgan fingerprint density at radius 3 is 3.13 bits per heavy atom. The quantitative estimate of drug-likeness (QED) is 0.792. The summed E-state index contributed by atoms with van der Waals surface area (Å²) in [5.41, 5.74) is 0.976. The van der Waals surface area contributed by atoms with Gasteiger partial charge >= 0.3 is 0 Å². The van der Waals surface area contributed by atoms with Crippen molar-refractivity contribution in [2.24, 2.45) is 5.92 Å². The molecule has 1 heterocycles. The molecule has 1 aromatic heterocycles. The summed E-state index contributed by atoms with van der Waals surface area (Å²) in [6.07, 6.45) is 6.89. The molecule has 0 radical (unpaired) electrons. The zero-order valence-corrected chi connectivity index (χ0v) is 9.80. The first-order valence-electron chi connectivity index (χ1n) is 5.68. The van der Waals surface area contributed by atoms with Crippen LogP contribution in [0.5, 0.6) is 0 Å². The zero-order chi connectivity index (χ0) is 10.7. The fourth-order valence-electron chi connectivity index (χ4n) is 2.41. The third-order valence-electron chi connectivity index (χ3n) is 3.28. The Labute approximate surface area is 96.1 Å². The second-order valence-electron chi connectivity index (χ2n) is 4.19. The second kappa shape index (κ2) is 4.84. The van der Waals surface area contributed by atoms with Gasteiger partial charge in [0, 0.05) is 12.2 Å². The van der Waals surface area contributed by atoms with Crippen molar-refractivity contribution in [2.45, 2.75) is 38.6 Å². The number of halogens is 1. The maximum atomic E-state index is 6.02. The SMILES string of the molecule is CCC1CCCC1Nc1cccnc1Cl. The zero-order valence-electron chi connectivity index (χ0n) is 9.04. The van der Waals surface area contributed by atoms with Crippen LogP contribution in [-0.2, 0) is 0 Å². The van der Waals surface area contributed by atoms with Gasteiger partial charge in [-0.1, -0.05) is 31.4 Å². The van der Waals surface area contributed by atoms with Crippen molar-refractivity contribution in [3.63, 3.8) is 0 Å². The van der Waals surface area contributed by atoms with Gasteiger partial charge in [0.15, 0.2) is 5.15 Å².